The summed E-state index contributed by atoms with van der Waals surface area (Å²) in [5, 5.41) is 12.7. The number of aromatic amines is 1. The van der Waals surface area contributed by atoms with E-state index in [-0.39, 0.29) is 5.92 Å². The van der Waals surface area contributed by atoms with Gasteiger partial charge in [0, 0.05) is 42.2 Å². The monoisotopic (exact) mass is 391 g/mol. The number of carbonyl (C=O) groups is 1. The van der Waals surface area contributed by atoms with E-state index >= 15 is 0 Å². The van der Waals surface area contributed by atoms with Crippen molar-refractivity contribution < 1.29 is 4.79 Å². The normalized spacial score (nSPS) is 23.1. The topological polar surface area (TPSA) is 66.8 Å². The zero-order chi connectivity index (χ0) is 19.8. The van der Waals surface area contributed by atoms with E-state index in [2.05, 4.69) is 50.0 Å². The Hall–Kier alpha value is -2.63. The number of carbonyl (C=O) groups excluding carboxylic acids is 1. The molecule has 6 heteroatoms. The number of benzene rings is 1. The lowest BCUT2D eigenvalue weighted by atomic mass is 9.88. The van der Waals surface area contributed by atoms with E-state index in [0.717, 1.165) is 54.4 Å². The van der Waals surface area contributed by atoms with Gasteiger partial charge in [0.15, 0.2) is 0 Å². The number of likely N-dealkylation sites (tertiary alicyclic amines) is 1. The van der Waals surface area contributed by atoms with Crippen molar-refractivity contribution in [1.82, 2.24) is 24.9 Å². The van der Waals surface area contributed by atoms with Crippen molar-refractivity contribution in [1.29, 1.82) is 0 Å². The highest BCUT2D eigenvalue weighted by Crippen LogP contribution is 2.32. The number of aromatic nitrogens is 4. The molecular formula is C23H29N5O. The van der Waals surface area contributed by atoms with Gasteiger partial charge in [-0.25, -0.2) is 0 Å². The molecule has 2 atom stereocenters. The fourth-order valence-corrected chi connectivity index (χ4v) is 5.23. The molecule has 2 fully saturated rings. The van der Waals surface area contributed by atoms with Crippen LogP contribution in [0.25, 0.3) is 22.0 Å². The number of hydrogen-bond acceptors (Lipinski definition) is 3. The first-order chi connectivity index (χ1) is 14.2. The Bertz CT molecular complexity index is 986. The van der Waals surface area contributed by atoms with Crippen LogP contribution < -0.4 is 0 Å². The van der Waals surface area contributed by atoms with Crippen molar-refractivity contribution in [3.8, 4) is 11.1 Å². The average molecular weight is 392 g/mol. The molecule has 1 aliphatic heterocycles. The molecule has 1 aliphatic carbocycles. The molecule has 29 heavy (non-hydrogen) atoms. The third-order valence-corrected chi connectivity index (χ3v) is 6.80. The molecule has 1 saturated heterocycles. The lowest BCUT2D eigenvalue weighted by Gasteiger charge is -2.29. The lowest BCUT2D eigenvalue weighted by molar-refractivity contribution is -0.137. The molecule has 152 valence electrons. The molecule has 1 aromatic carbocycles. The maximum atomic E-state index is 13.0. The van der Waals surface area contributed by atoms with Gasteiger partial charge < -0.3 is 4.90 Å². The first-order valence-electron chi connectivity index (χ1n) is 10.9. The van der Waals surface area contributed by atoms with Gasteiger partial charge in [0.25, 0.3) is 0 Å². The summed E-state index contributed by atoms with van der Waals surface area (Å²) in [5.74, 6) is 1.13. The molecule has 0 bridgehead atoms. The molecule has 0 radical (unpaired) electrons. The van der Waals surface area contributed by atoms with Crippen molar-refractivity contribution in [3.63, 3.8) is 0 Å². The van der Waals surface area contributed by atoms with Gasteiger partial charge in [-0.15, -0.1) is 0 Å². The largest absolute Gasteiger partial charge is 0.339 e. The fraction of sp³-hybridized carbons (Fsp3) is 0.522. The second-order valence-electron chi connectivity index (χ2n) is 8.86. The summed E-state index contributed by atoms with van der Waals surface area (Å²) in [5.41, 5.74) is 3.38. The third kappa shape index (κ3) is 3.56. The summed E-state index contributed by atoms with van der Waals surface area (Å²) in [7, 11) is 0. The van der Waals surface area contributed by atoms with Crippen LogP contribution in [0.15, 0.2) is 36.8 Å². The van der Waals surface area contributed by atoms with Crippen LogP contribution in [0.4, 0.5) is 0 Å². The molecule has 2 unspecified atom stereocenters. The van der Waals surface area contributed by atoms with Gasteiger partial charge in [0.05, 0.1) is 17.9 Å². The minimum Gasteiger partial charge on any atom is -0.339 e. The zero-order valence-electron chi connectivity index (χ0n) is 17.1. The number of nitrogens with zero attached hydrogens (tertiary/aromatic N) is 4. The van der Waals surface area contributed by atoms with Crippen molar-refractivity contribution in [2.45, 2.75) is 58.0 Å². The SMILES string of the molecule is CC1CC(Cn2ncc3cc(-c4cn[nH]c4)ccc32)CN1C(=O)C1CCCCC1. The quantitative estimate of drug-likeness (QED) is 0.723. The van der Waals surface area contributed by atoms with E-state index in [1.54, 1.807) is 0 Å². The summed E-state index contributed by atoms with van der Waals surface area (Å²) < 4.78 is 2.11. The van der Waals surface area contributed by atoms with E-state index in [9.17, 15) is 4.79 Å². The molecule has 2 aromatic heterocycles. The molecule has 2 aliphatic rings. The summed E-state index contributed by atoms with van der Waals surface area (Å²) >= 11 is 0. The summed E-state index contributed by atoms with van der Waals surface area (Å²) in [6.07, 6.45) is 12.6. The summed E-state index contributed by atoms with van der Waals surface area (Å²) in [6, 6.07) is 6.78. The van der Waals surface area contributed by atoms with Gasteiger partial charge >= 0.3 is 0 Å². The Kier molecular flexibility index (Phi) is 4.86. The Balaban J connectivity index is 1.29. The second kappa shape index (κ2) is 7.65. The van der Waals surface area contributed by atoms with Gasteiger partial charge in [0.1, 0.15) is 0 Å². The lowest BCUT2D eigenvalue weighted by Crippen LogP contribution is -2.39. The number of nitrogens with one attached hydrogen (secondary N) is 1. The van der Waals surface area contributed by atoms with Crippen LogP contribution >= 0.6 is 0 Å². The molecule has 1 saturated carbocycles. The minimum absolute atomic E-state index is 0.261. The number of rotatable bonds is 4. The molecule has 1 amide bonds. The Labute approximate surface area is 171 Å². The van der Waals surface area contributed by atoms with Crippen LogP contribution in [0.1, 0.15) is 45.4 Å². The molecule has 3 aromatic rings. The van der Waals surface area contributed by atoms with Crippen molar-refractivity contribution >= 4 is 16.8 Å². The molecule has 6 nitrogen and oxygen atoms in total. The first kappa shape index (κ1) is 18.4. The van der Waals surface area contributed by atoms with Crippen LogP contribution in [0.2, 0.25) is 0 Å². The van der Waals surface area contributed by atoms with E-state index in [0.29, 0.717) is 17.9 Å². The minimum atomic E-state index is 0.261. The van der Waals surface area contributed by atoms with Crippen LogP contribution in [0.3, 0.4) is 0 Å². The number of amides is 1. The average Bonchev–Trinajstić information content (AvgIpc) is 3.49. The van der Waals surface area contributed by atoms with Gasteiger partial charge in [-0.1, -0.05) is 25.3 Å². The maximum Gasteiger partial charge on any atom is 0.225 e. The predicted molar refractivity (Wildman–Crippen MR) is 113 cm³/mol. The fourth-order valence-electron chi connectivity index (χ4n) is 5.23. The Morgan fingerprint density at radius 1 is 1.17 bits per heavy atom. The van der Waals surface area contributed by atoms with Crippen LogP contribution in [0.5, 0.6) is 0 Å². The number of hydrogen-bond donors (Lipinski definition) is 1. The van der Waals surface area contributed by atoms with E-state index in [4.69, 9.17) is 0 Å². The van der Waals surface area contributed by atoms with E-state index < -0.39 is 0 Å². The molecule has 3 heterocycles. The summed E-state index contributed by atoms with van der Waals surface area (Å²) in [4.78, 5) is 15.2. The predicted octanol–water partition coefficient (Wildman–Crippen LogP) is 4.24. The van der Waals surface area contributed by atoms with Crippen molar-refractivity contribution in [2.24, 2.45) is 11.8 Å². The highest BCUT2D eigenvalue weighted by molar-refractivity contribution is 5.84. The van der Waals surface area contributed by atoms with Gasteiger partial charge in [-0.05, 0) is 49.8 Å². The Morgan fingerprint density at radius 3 is 2.83 bits per heavy atom. The molecule has 5 rings (SSSR count). The van der Waals surface area contributed by atoms with Crippen molar-refractivity contribution in [2.75, 3.05) is 6.54 Å². The highest BCUT2D eigenvalue weighted by atomic mass is 16.2. The second-order valence-corrected chi connectivity index (χ2v) is 8.86. The maximum absolute atomic E-state index is 13.0. The van der Waals surface area contributed by atoms with Crippen LogP contribution in [0, 0.1) is 11.8 Å². The van der Waals surface area contributed by atoms with E-state index in [1.807, 2.05) is 18.6 Å². The van der Waals surface area contributed by atoms with Gasteiger partial charge in [-0.2, -0.15) is 10.2 Å². The number of H-pyrrole nitrogens is 1. The van der Waals surface area contributed by atoms with Crippen LogP contribution in [-0.2, 0) is 11.3 Å². The molecule has 1 N–H and O–H groups in total. The first-order valence-corrected chi connectivity index (χ1v) is 10.9. The molecule has 0 spiro atoms. The Morgan fingerprint density at radius 2 is 2.03 bits per heavy atom. The number of fused-ring (bicyclic) bond motifs is 1. The highest BCUT2D eigenvalue weighted by Gasteiger charge is 2.36. The van der Waals surface area contributed by atoms with Gasteiger partial charge in [0.2, 0.25) is 5.91 Å². The summed E-state index contributed by atoms with van der Waals surface area (Å²) in [6.45, 7) is 3.94. The van der Waals surface area contributed by atoms with Crippen molar-refractivity contribution in [3.05, 3.63) is 36.8 Å². The standard InChI is InChI=1S/C23H29N5O/c1-16-9-17(14-27(16)23(29)18-5-3-2-4-6-18)15-28-22-8-7-19(10-20(22)13-26-28)21-11-24-25-12-21/h7-8,10-13,16-18H,2-6,9,14-15H2,1H3,(H,24,25). The van der Waals surface area contributed by atoms with Gasteiger partial charge in [-0.3, -0.25) is 14.6 Å². The zero-order valence-corrected chi connectivity index (χ0v) is 17.1. The van der Waals surface area contributed by atoms with E-state index in [1.165, 1.54) is 19.3 Å². The third-order valence-electron chi connectivity index (χ3n) is 6.80. The molecular weight excluding hydrogens is 362 g/mol. The smallest absolute Gasteiger partial charge is 0.225 e. The van der Waals surface area contributed by atoms with Crippen LogP contribution in [-0.4, -0.2) is 43.4 Å².